The number of aryl methyl sites for hydroxylation is 1. The summed E-state index contributed by atoms with van der Waals surface area (Å²) in [6, 6.07) is 9.05. The van der Waals surface area contributed by atoms with E-state index in [-0.39, 0.29) is 5.41 Å². The van der Waals surface area contributed by atoms with E-state index in [0.717, 1.165) is 12.5 Å². The Bertz CT molecular complexity index is 499. The van der Waals surface area contributed by atoms with Crippen LogP contribution in [0.1, 0.15) is 37.8 Å². The topological polar surface area (TPSA) is 15.6 Å². The minimum atomic E-state index is 0.150. The number of benzene rings is 1. The lowest BCUT2D eigenvalue weighted by atomic mass is 9.70. The number of rotatable bonds is 7. The standard InChI is InChI=1S/C19H28N2/c1-6-20-14-21(5)13-19(4,16(3)17-9-10-17)18-11-7-15(2)8-12-18/h6-8,11-12,14,16-17H,1,9-10,13H2,2-5H3. The lowest BCUT2D eigenvalue weighted by Gasteiger charge is -2.39. The van der Waals surface area contributed by atoms with Crippen molar-refractivity contribution in [1.82, 2.24) is 4.90 Å². The van der Waals surface area contributed by atoms with Gasteiger partial charge in [0.1, 0.15) is 0 Å². The highest BCUT2D eigenvalue weighted by molar-refractivity contribution is 5.55. The van der Waals surface area contributed by atoms with E-state index in [4.69, 9.17) is 0 Å². The smallest absolute Gasteiger partial charge is 0.0902 e. The molecule has 0 bridgehead atoms. The van der Waals surface area contributed by atoms with Crippen LogP contribution in [0.2, 0.25) is 0 Å². The molecule has 0 heterocycles. The highest BCUT2D eigenvalue weighted by Gasteiger charge is 2.42. The fourth-order valence-electron chi connectivity index (χ4n) is 3.27. The average molecular weight is 284 g/mol. The van der Waals surface area contributed by atoms with Crippen LogP contribution in [0.3, 0.4) is 0 Å². The van der Waals surface area contributed by atoms with Gasteiger partial charge in [-0.15, -0.1) is 0 Å². The van der Waals surface area contributed by atoms with E-state index < -0.39 is 0 Å². The highest BCUT2D eigenvalue weighted by Crippen LogP contribution is 2.47. The first kappa shape index (κ1) is 15.8. The molecule has 0 aliphatic heterocycles. The van der Waals surface area contributed by atoms with Crippen LogP contribution in [0.25, 0.3) is 0 Å². The Kier molecular flexibility index (Phi) is 4.87. The summed E-state index contributed by atoms with van der Waals surface area (Å²) in [5.41, 5.74) is 2.91. The van der Waals surface area contributed by atoms with E-state index in [9.17, 15) is 0 Å². The fraction of sp³-hybridized carbons (Fsp3) is 0.526. The van der Waals surface area contributed by atoms with E-state index >= 15 is 0 Å². The zero-order chi connectivity index (χ0) is 15.5. The third-order valence-electron chi connectivity index (χ3n) is 4.99. The molecule has 2 unspecified atom stereocenters. The zero-order valence-electron chi connectivity index (χ0n) is 13.8. The van der Waals surface area contributed by atoms with Gasteiger partial charge in [0.05, 0.1) is 6.34 Å². The summed E-state index contributed by atoms with van der Waals surface area (Å²) in [5, 5.41) is 0. The molecule has 0 N–H and O–H groups in total. The van der Waals surface area contributed by atoms with Gasteiger partial charge in [0.25, 0.3) is 0 Å². The highest BCUT2D eigenvalue weighted by atomic mass is 15.1. The second-order valence-electron chi connectivity index (χ2n) is 6.77. The summed E-state index contributed by atoms with van der Waals surface area (Å²) < 4.78 is 0. The summed E-state index contributed by atoms with van der Waals surface area (Å²) in [6.45, 7) is 11.6. The Morgan fingerprint density at radius 3 is 2.52 bits per heavy atom. The molecule has 0 spiro atoms. The molecule has 1 aliphatic carbocycles. The van der Waals surface area contributed by atoms with Crippen LogP contribution in [0.15, 0.2) is 42.0 Å². The molecule has 0 amide bonds. The Hall–Kier alpha value is -1.57. The molecule has 1 saturated carbocycles. The second-order valence-corrected chi connectivity index (χ2v) is 6.77. The van der Waals surface area contributed by atoms with Gasteiger partial charge in [-0.3, -0.25) is 0 Å². The summed E-state index contributed by atoms with van der Waals surface area (Å²) in [6.07, 6.45) is 6.23. The van der Waals surface area contributed by atoms with Crippen molar-refractivity contribution in [1.29, 1.82) is 0 Å². The van der Waals surface area contributed by atoms with Crippen LogP contribution < -0.4 is 0 Å². The van der Waals surface area contributed by atoms with Crippen molar-refractivity contribution in [3.8, 4) is 0 Å². The quantitative estimate of drug-likeness (QED) is 0.535. The minimum absolute atomic E-state index is 0.150. The van der Waals surface area contributed by atoms with Crippen LogP contribution in [0.4, 0.5) is 0 Å². The van der Waals surface area contributed by atoms with Gasteiger partial charge >= 0.3 is 0 Å². The Morgan fingerprint density at radius 2 is 2.00 bits per heavy atom. The third kappa shape index (κ3) is 3.75. The van der Waals surface area contributed by atoms with Crippen LogP contribution in [-0.4, -0.2) is 24.8 Å². The molecule has 114 valence electrons. The molecule has 1 fully saturated rings. The van der Waals surface area contributed by atoms with Gasteiger partial charge in [0, 0.05) is 25.2 Å². The molecule has 0 aromatic heterocycles. The molecule has 2 heteroatoms. The van der Waals surface area contributed by atoms with Gasteiger partial charge in [0.15, 0.2) is 0 Å². The maximum atomic E-state index is 4.15. The molecular weight excluding hydrogens is 256 g/mol. The van der Waals surface area contributed by atoms with Crippen LogP contribution >= 0.6 is 0 Å². The van der Waals surface area contributed by atoms with Crippen molar-refractivity contribution in [3.63, 3.8) is 0 Å². The Labute approximate surface area is 129 Å². The van der Waals surface area contributed by atoms with Crippen LogP contribution in [-0.2, 0) is 5.41 Å². The molecule has 2 nitrogen and oxygen atoms in total. The molecule has 1 aromatic rings. The summed E-state index contributed by atoms with van der Waals surface area (Å²) in [7, 11) is 2.10. The van der Waals surface area contributed by atoms with Gasteiger partial charge < -0.3 is 4.90 Å². The lowest BCUT2D eigenvalue weighted by molar-refractivity contribution is 0.234. The van der Waals surface area contributed by atoms with Gasteiger partial charge in [-0.2, -0.15) is 0 Å². The van der Waals surface area contributed by atoms with Crippen LogP contribution in [0.5, 0.6) is 0 Å². The van der Waals surface area contributed by atoms with E-state index in [1.165, 1.54) is 24.0 Å². The van der Waals surface area contributed by atoms with Crippen molar-refractivity contribution in [2.75, 3.05) is 13.6 Å². The first-order chi connectivity index (χ1) is 9.97. The largest absolute Gasteiger partial charge is 0.365 e. The molecule has 2 atom stereocenters. The number of likely N-dealkylation sites (N-methyl/N-ethyl adjacent to an activating group) is 1. The van der Waals surface area contributed by atoms with Crippen molar-refractivity contribution in [3.05, 3.63) is 48.2 Å². The number of aliphatic imine (C=N–C) groups is 1. The second kappa shape index (κ2) is 6.46. The molecule has 1 aliphatic rings. The van der Waals surface area contributed by atoms with E-state index in [1.807, 2.05) is 6.34 Å². The molecule has 0 saturated heterocycles. The predicted octanol–water partition coefficient (Wildman–Crippen LogP) is 4.40. The van der Waals surface area contributed by atoms with Gasteiger partial charge in [-0.05, 0) is 37.2 Å². The van der Waals surface area contributed by atoms with E-state index in [1.54, 1.807) is 6.20 Å². The van der Waals surface area contributed by atoms with Crippen molar-refractivity contribution in [2.24, 2.45) is 16.8 Å². The van der Waals surface area contributed by atoms with Crippen molar-refractivity contribution >= 4 is 6.34 Å². The summed E-state index contributed by atoms with van der Waals surface area (Å²) in [4.78, 5) is 6.33. The summed E-state index contributed by atoms with van der Waals surface area (Å²) in [5.74, 6) is 1.56. The Morgan fingerprint density at radius 1 is 1.38 bits per heavy atom. The van der Waals surface area contributed by atoms with Gasteiger partial charge in [0.2, 0.25) is 0 Å². The first-order valence-electron chi connectivity index (χ1n) is 7.89. The molecule has 2 rings (SSSR count). The maximum absolute atomic E-state index is 4.15. The van der Waals surface area contributed by atoms with E-state index in [0.29, 0.717) is 5.92 Å². The number of hydrogen-bond acceptors (Lipinski definition) is 1. The molecular formula is C19H28N2. The normalized spacial score (nSPS) is 19.2. The van der Waals surface area contributed by atoms with Gasteiger partial charge in [-0.1, -0.05) is 50.3 Å². The predicted molar refractivity (Wildman–Crippen MR) is 91.7 cm³/mol. The average Bonchev–Trinajstić information content (AvgIpc) is 3.29. The molecule has 0 radical (unpaired) electrons. The van der Waals surface area contributed by atoms with Crippen molar-refractivity contribution in [2.45, 2.75) is 39.0 Å². The molecule has 1 aromatic carbocycles. The Balaban J connectivity index is 2.27. The summed E-state index contributed by atoms with van der Waals surface area (Å²) >= 11 is 0. The monoisotopic (exact) mass is 284 g/mol. The zero-order valence-corrected chi connectivity index (χ0v) is 13.8. The van der Waals surface area contributed by atoms with Crippen LogP contribution in [0, 0.1) is 18.8 Å². The maximum Gasteiger partial charge on any atom is 0.0902 e. The fourth-order valence-corrected chi connectivity index (χ4v) is 3.27. The SMILES string of the molecule is C=CN=CN(C)CC(C)(c1ccc(C)cc1)C(C)C1CC1. The number of hydrogen-bond donors (Lipinski definition) is 0. The van der Waals surface area contributed by atoms with E-state index in [2.05, 4.69) is 68.6 Å². The molecule has 21 heavy (non-hydrogen) atoms. The van der Waals surface area contributed by atoms with Gasteiger partial charge in [-0.25, -0.2) is 4.99 Å². The minimum Gasteiger partial charge on any atom is -0.365 e. The van der Waals surface area contributed by atoms with Crippen molar-refractivity contribution < 1.29 is 0 Å². The number of nitrogens with zero attached hydrogens (tertiary/aromatic N) is 2. The third-order valence-corrected chi connectivity index (χ3v) is 4.99. The first-order valence-corrected chi connectivity index (χ1v) is 7.89. The lowest BCUT2D eigenvalue weighted by Crippen LogP contribution is -2.42.